The highest BCUT2D eigenvalue weighted by Gasteiger charge is 2.20. The molecule has 1 aromatic rings. The van der Waals surface area contributed by atoms with Crippen molar-refractivity contribution in [3.8, 4) is 0 Å². The summed E-state index contributed by atoms with van der Waals surface area (Å²) in [5.74, 6) is -2.06. The second kappa shape index (κ2) is 5.15. The van der Waals surface area contributed by atoms with Crippen molar-refractivity contribution in [2.75, 3.05) is 33.2 Å². The molecule has 0 unspecified atom stereocenters. The monoisotopic (exact) mass is 254 g/mol. The molecule has 1 aliphatic rings. The fourth-order valence-corrected chi connectivity index (χ4v) is 1.60. The first-order valence-electron chi connectivity index (χ1n) is 5.51. The number of carboxylic acids is 1. The van der Waals surface area contributed by atoms with E-state index in [9.17, 15) is 9.59 Å². The molecule has 8 nitrogen and oxygen atoms in total. The van der Waals surface area contributed by atoms with Crippen LogP contribution >= 0.6 is 0 Å². The minimum absolute atomic E-state index is 0.0358. The van der Waals surface area contributed by atoms with Gasteiger partial charge in [0, 0.05) is 32.2 Å². The molecule has 1 saturated heterocycles. The van der Waals surface area contributed by atoms with Crippen LogP contribution in [0.5, 0.6) is 0 Å². The van der Waals surface area contributed by atoms with E-state index in [2.05, 4.69) is 20.0 Å². The summed E-state index contributed by atoms with van der Waals surface area (Å²) in [6, 6.07) is 1.10. The van der Waals surface area contributed by atoms with Gasteiger partial charge in [0.25, 0.3) is 5.91 Å². The van der Waals surface area contributed by atoms with E-state index in [0.717, 1.165) is 19.2 Å². The van der Waals surface area contributed by atoms with Crippen molar-refractivity contribution in [3.05, 3.63) is 17.5 Å². The number of carboxylic acid groups (broad SMARTS) is 1. The van der Waals surface area contributed by atoms with Crippen molar-refractivity contribution in [3.63, 3.8) is 0 Å². The van der Waals surface area contributed by atoms with Crippen LogP contribution in [0.2, 0.25) is 0 Å². The second-order valence-electron chi connectivity index (χ2n) is 4.11. The lowest BCUT2D eigenvalue weighted by Crippen LogP contribution is -2.52. The van der Waals surface area contributed by atoms with Crippen LogP contribution in [0, 0.1) is 0 Å². The number of likely N-dealkylation sites (N-methyl/N-ethyl adjacent to an activating group) is 1. The Hall–Kier alpha value is -1.93. The minimum atomic E-state index is -1.25. The lowest BCUT2D eigenvalue weighted by molar-refractivity contribution is 0.0636. The lowest BCUT2D eigenvalue weighted by atomic mass is 10.3. The molecule has 0 spiro atoms. The quantitative estimate of drug-likeness (QED) is 0.733. The molecule has 1 fully saturated rings. The van der Waals surface area contributed by atoms with E-state index in [0.29, 0.717) is 13.1 Å². The standard InChI is InChI=1S/C10H14N4O4/c1-13-2-4-14(5-3-13)11-9(15)7-6-8(10(16)17)18-12-7/h6H,2-5H2,1H3,(H,11,15)(H,16,17). The smallest absolute Gasteiger partial charge is 0.374 e. The predicted molar refractivity (Wildman–Crippen MR) is 60.0 cm³/mol. The Labute approximate surface area is 103 Å². The van der Waals surface area contributed by atoms with Crippen molar-refractivity contribution < 1.29 is 19.2 Å². The summed E-state index contributed by atoms with van der Waals surface area (Å²) in [5, 5.41) is 13.8. The van der Waals surface area contributed by atoms with Gasteiger partial charge in [-0.3, -0.25) is 10.2 Å². The summed E-state index contributed by atoms with van der Waals surface area (Å²) in [6.07, 6.45) is 0. The van der Waals surface area contributed by atoms with Gasteiger partial charge in [0.1, 0.15) is 0 Å². The molecule has 0 saturated carbocycles. The van der Waals surface area contributed by atoms with Crippen LogP contribution in [0.15, 0.2) is 10.6 Å². The number of nitrogens with one attached hydrogen (secondary N) is 1. The molecular weight excluding hydrogens is 240 g/mol. The molecule has 2 N–H and O–H groups in total. The van der Waals surface area contributed by atoms with E-state index in [1.54, 1.807) is 5.01 Å². The van der Waals surface area contributed by atoms with Crippen LogP contribution in [-0.2, 0) is 0 Å². The number of hydrazine groups is 1. The number of hydrogen-bond acceptors (Lipinski definition) is 6. The van der Waals surface area contributed by atoms with Crippen LogP contribution in [0.3, 0.4) is 0 Å². The number of aromatic carboxylic acids is 1. The second-order valence-corrected chi connectivity index (χ2v) is 4.11. The largest absolute Gasteiger partial charge is 0.475 e. The summed E-state index contributed by atoms with van der Waals surface area (Å²) in [6.45, 7) is 3.15. The Kier molecular flexibility index (Phi) is 3.58. The number of amides is 1. The summed E-state index contributed by atoms with van der Waals surface area (Å²) in [7, 11) is 2.01. The van der Waals surface area contributed by atoms with Gasteiger partial charge in [-0.2, -0.15) is 0 Å². The van der Waals surface area contributed by atoms with Crippen molar-refractivity contribution in [2.24, 2.45) is 0 Å². The average Bonchev–Trinajstić information content (AvgIpc) is 2.81. The fraction of sp³-hybridized carbons (Fsp3) is 0.500. The van der Waals surface area contributed by atoms with E-state index in [1.165, 1.54) is 0 Å². The van der Waals surface area contributed by atoms with Gasteiger partial charge in [-0.1, -0.05) is 5.16 Å². The molecule has 18 heavy (non-hydrogen) atoms. The molecule has 1 aromatic heterocycles. The van der Waals surface area contributed by atoms with Crippen molar-refractivity contribution in [1.29, 1.82) is 0 Å². The lowest BCUT2D eigenvalue weighted by Gasteiger charge is -2.32. The first-order valence-corrected chi connectivity index (χ1v) is 5.51. The summed E-state index contributed by atoms with van der Waals surface area (Å²) >= 11 is 0. The van der Waals surface area contributed by atoms with Gasteiger partial charge in [-0.15, -0.1) is 0 Å². The van der Waals surface area contributed by atoms with Gasteiger partial charge in [0.05, 0.1) is 0 Å². The van der Waals surface area contributed by atoms with Crippen LogP contribution in [0.4, 0.5) is 0 Å². The fourth-order valence-electron chi connectivity index (χ4n) is 1.60. The van der Waals surface area contributed by atoms with Crippen LogP contribution in [0.1, 0.15) is 21.0 Å². The van der Waals surface area contributed by atoms with Gasteiger partial charge in [-0.05, 0) is 7.05 Å². The summed E-state index contributed by atoms with van der Waals surface area (Å²) in [5.41, 5.74) is 2.62. The average molecular weight is 254 g/mol. The zero-order valence-electron chi connectivity index (χ0n) is 9.92. The minimum Gasteiger partial charge on any atom is -0.475 e. The number of piperazine rings is 1. The SMILES string of the molecule is CN1CCN(NC(=O)c2cc(C(=O)O)on2)CC1. The van der Waals surface area contributed by atoms with Crippen molar-refractivity contribution in [1.82, 2.24) is 20.5 Å². The normalized spacial score (nSPS) is 17.6. The summed E-state index contributed by atoms with van der Waals surface area (Å²) in [4.78, 5) is 24.5. The van der Waals surface area contributed by atoms with Gasteiger partial charge in [-0.25, -0.2) is 9.80 Å². The number of hydrogen-bond donors (Lipinski definition) is 2. The van der Waals surface area contributed by atoms with Gasteiger partial charge >= 0.3 is 5.97 Å². The third-order valence-corrected chi connectivity index (χ3v) is 2.72. The molecule has 0 aromatic carbocycles. The van der Waals surface area contributed by atoms with Crippen LogP contribution in [-0.4, -0.2) is 65.3 Å². The molecule has 1 aliphatic heterocycles. The number of nitrogens with zero attached hydrogens (tertiary/aromatic N) is 3. The highest BCUT2D eigenvalue weighted by molar-refractivity contribution is 5.94. The van der Waals surface area contributed by atoms with Crippen molar-refractivity contribution in [2.45, 2.75) is 0 Å². The highest BCUT2D eigenvalue weighted by atomic mass is 16.5. The molecular formula is C10H14N4O4. The topological polar surface area (TPSA) is 98.9 Å². The Bertz CT molecular complexity index is 450. The Morgan fingerprint density at radius 3 is 2.61 bits per heavy atom. The van der Waals surface area contributed by atoms with E-state index in [-0.39, 0.29) is 11.5 Å². The number of carbonyl (C=O) groups is 2. The van der Waals surface area contributed by atoms with Crippen LogP contribution < -0.4 is 5.43 Å². The molecule has 8 heteroatoms. The van der Waals surface area contributed by atoms with Crippen LogP contribution in [0.25, 0.3) is 0 Å². The molecule has 0 atom stereocenters. The molecule has 0 aliphatic carbocycles. The Balaban J connectivity index is 1.93. The number of carbonyl (C=O) groups excluding carboxylic acids is 1. The first-order chi connectivity index (χ1) is 8.56. The van der Waals surface area contributed by atoms with Gasteiger partial charge in [0.15, 0.2) is 5.69 Å². The maximum Gasteiger partial charge on any atom is 0.374 e. The summed E-state index contributed by atoms with van der Waals surface area (Å²) < 4.78 is 4.52. The third kappa shape index (κ3) is 2.84. The molecule has 0 bridgehead atoms. The highest BCUT2D eigenvalue weighted by Crippen LogP contribution is 2.04. The third-order valence-electron chi connectivity index (χ3n) is 2.72. The van der Waals surface area contributed by atoms with E-state index < -0.39 is 11.9 Å². The molecule has 0 radical (unpaired) electrons. The predicted octanol–water partition coefficient (Wildman–Crippen LogP) is -0.735. The molecule has 1 amide bonds. The van der Waals surface area contributed by atoms with E-state index >= 15 is 0 Å². The zero-order valence-corrected chi connectivity index (χ0v) is 9.92. The zero-order chi connectivity index (χ0) is 13.1. The maximum absolute atomic E-state index is 11.7. The van der Waals surface area contributed by atoms with Gasteiger partial charge in [0.2, 0.25) is 5.76 Å². The first kappa shape index (κ1) is 12.5. The Morgan fingerprint density at radius 2 is 2.06 bits per heavy atom. The molecule has 2 heterocycles. The number of aromatic nitrogens is 1. The Morgan fingerprint density at radius 1 is 1.39 bits per heavy atom. The van der Waals surface area contributed by atoms with Crippen molar-refractivity contribution >= 4 is 11.9 Å². The molecule has 2 rings (SSSR count). The van der Waals surface area contributed by atoms with Gasteiger partial charge < -0.3 is 14.5 Å². The number of rotatable bonds is 3. The molecule has 98 valence electrons. The van der Waals surface area contributed by atoms with E-state index in [4.69, 9.17) is 5.11 Å². The van der Waals surface area contributed by atoms with E-state index in [1.807, 2.05) is 7.05 Å². The maximum atomic E-state index is 11.7.